The Morgan fingerprint density at radius 3 is 1.61 bits per heavy atom. The van der Waals surface area contributed by atoms with Crippen LogP contribution in [0.15, 0.2) is 158 Å². The second-order valence-corrected chi connectivity index (χ2v) is 19.2. The highest BCUT2D eigenvalue weighted by molar-refractivity contribution is 5.92. The van der Waals surface area contributed by atoms with Crippen molar-refractivity contribution in [2.75, 3.05) is 13.7 Å². The van der Waals surface area contributed by atoms with Crippen molar-refractivity contribution >= 4 is 42.1 Å². The van der Waals surface area contributed by atoms with Gasteiger partial charge in [-0.25, -0.2) is 28.8 Å². The Morgan fingerprint density at radius 2 is 1.06 bits per heavy atom. The van der Waals surface area contributed by atoms with E-state index in [1.54, 1.807) is 124 Å². The second kappa shape index (κ2) is 29.3. The molecule has 6 aromatic rings. The van der Waals surface area contributed by atoms with Crippen molar-refractivity contribution in [1.82, 2.24) is 21.3 Å². The zero-order chi connectivity index (χ0) is 56.7. The number of rotatable bonds is 25. The minimum absolute atomic E-state index is 0.0392. The number of aliphatic hydroxyl groups excluding tert-OH is 1. The first-order chi connectivity index (χ1) is 37.9. The average molecular weight is 1080 g/mol. The number of esters is 2. The summed E-state index contributed by atoms with van der Waals surface area (Å²) in [5, 5.41) is 31.5. The molecule has 0 radical (unpaired) electrons. The molecular formula is C60H64N4O15. The normalized spacial score (nSPS) is 12.5. The Hall–Kier alpha value is -9.23. The molecule has 79 heavy (non-hydrogen) atoms. The van der Waals surface area contributed by atoms with Crippen molar-refractivity contribution in [1.29, 1.82) is 0 Å². The summed E-state index contributed by atoms with van der Waals surface area (Å²) in [6.45, 7) is 4.22. The van der Waals surface area contributed by atoms with Crippen LogP contribution in [0.25, 0.3) is 11.1 Å². The predicted octanol–water partition coefficient (Wildman–Crippen LogP) is 7.98. The molecule has 6 rings (SSSR count). The van der Waals surface area contributed by atoms with Crippen LogP contribution in [0, 0.1) is 0 Å². The van der Waals surface area contributed by atoms with Gasteiger partial charge in [0, 0.05) is 25.8 Å². The molecule has 0 aromatic heterocycles. The van der Waals surface area contributed by atoms with Gasteiger partial charge in [-0.15, -0.1) is 0 Å². The maximum atomic E-state index is 14.4. The van der Waals surface area contributed by atoms with Gasteiger partial charge in [-0.05, 0) is 89.5 Å². The number of aliphatic hydroxyl groups is 1. The Bertz CT molecular complexity index is 2990. The summed E-state index contributed by atoms with van der Waals surface area (Å²) < 4.78 is 33.1. The Morgan fingerprint density at radius 1 is 0.532 bits per heavy atom. The third-order valence-corrected chi connectivity index (χ3v) is 11.7. The number of ether oxygens (including phenoxy) is 6. The van der Waals surface area contributed by atoms with Crippen LogP contribution in [0.3, 0.4) is 0 Å². The summed E-state index contributed by atoms with van der Waals surface area (Å²) in [5.74, 6) is -3.66. The van der Waals surface area contributed by atoms with Gasteiger partial charge in [0.15, 0.2) is 0 Å². The highest BCUT2D eigenvalue weighted by Crippen LogP contribution is 2.31. The zero-order valence-electron chi connectivity index (χ0n) is 44.2. The minimum atomic E-state index is -1.55. The van der Waals surface area contributed by atoms with E-state index in [2.05, 4.69) is 21.3 Å². The van der Waals surface area contributed by atoms with Gasteiger partial charge in [-0.3, -0.25) is 4.79 Å². The highest BCUT2D eigenvalue weighted by Gasteiger charge is 2.32. The average Bonchev–Trinajstić information content (AvgIpc) is 3.49. The number of carboxylic acid groups (broad SMARTS) is 1. The van der Waals surface area contributed by atoms with Crippen LogP contribution in [-0.4, -0.2) is 95.8 Å². The van der Waals surface area contributed by atoms with E-state index in [1.165, 1.54) is 19.2 Å². The fraction of sp³-hybridized carbons (Fsp3) is 0.283. The predicted molar refractivity (Wildman–Crippen MR) is 289 cm³/mol. The van der Waals surface area contributed by atoms with Crippen LogP contribution >= 0.6 is 0 Å². The lowest BCUT2D eigenvalue weighted by molar-refractivity contribution is -0.149. The minimum Gasteiger partial charge on any atom is -0.489 e. The molecule has 0 aliphatic heterocycles. The van der Waals surface area contributed by atoms with Gasteiger partial charge < -0.3 is 59.9 Å². The van der Waals surface area contributed by atoms with Gasteiger partial charge in [0.1, 0.15) is 55.9 Å². The van der Waals surface area contributed by atoms with Crippen LogP contribution in [-0.2, 0) is 77.3 Å². The van der Waals surface area contributed by atoms with Crippen molar-refractivity contribution in [3.05, 3.63) is 197 Å². The van der Waals surface area contributed by atoms with Gasteiger partial charge in [0.25, 0.3) is 0 Å². The smallest absolute Gasteiger partial charge is 0.408 e. The van der Waals surface area contributed by atoms with Crippen molar-refractivity contribution in [2.45, 2.75) is 96.3 Å². The maximum Gasteiger partial charge on any atom is 0.408 e. The third kappa shape index (κ3) is 20.0. The lowest BCUT2D eigenvalue weighted by Crippen LogP contribution is -2.54. The van der Waals surface area contributed by atoms with Crippen LogP contribution < -0.4 is 26.0 Å². The number of amides is 4. The summed E-state index contributed by atoms with van der Waals surface area (Å²) in [6, 6.07) is 40.9. The SMILES string of the molecule is COC(=O)c1cc(C[C@H](NC(=O)[C@H](C[C@@H](O)CNC(=O)OCc2ccccc2)NC(=O)OC(C)(C)C)C(=O)OCc2ccccc2)cc(-c2ccc(OCc3ccccc3)c(C[C@H](NC(=O)OCc3ccccc3)C(=O)O)c2)c1. The number of nitrogens with one attached hydrogen (secondary N) is 4. The monoisotopic (exact) mass is 1080 g/mol. The quantitative estimate of drug-likeness (QED) is 0.0234. The van der Waals surface area contributed by atoms with Crippen LogP contribution in [0.2, 0.25) is 0 Å². The van der Waals surface area contributed by atoms with E-state index in [0.29, 0.717) is 39.1 Å². The summed E-state index contributed by atoms with van der Waals surface area (Å²) >= 11 is 0. The molecular weight excluding hydrogens is 1020 g/mol. The third-order valence-electron chi connectivity index (χ3n) is 11.7. The lowest BCUT2D eigenvalue weighted by Gasteiger charge is -2.26. The Labute approximate surface area is 457 Å². The number of carboxylic acids is 1. The molecule has 0 saturated heterocycles. The van der Waals surface area contributed by atoms with Gasteiger partial charge in [-0.1, -0.05) is 133 Å². The number of hydrogen-bond acceptors (Lipinski definition) is 14. The fourth-order valence-electron chi connectivity index (χ4n) is 7.88. The number of aliphatic carboxylic acids is 1. The molecule has 0 spiro atoms. The number of methoxy groups -OCH3 is 1. The molecule has 0 saturated carbocycles. The molecule has 0 fully saturated rings. The van der Waals surface area contributed by atoms with Gasteiger partial charge in [0.05, 0.1) is 18.8 Å². The van der Waals surface area contributed by atoms with E-state index >= 15 is 0 Å². The summed E-state index contributed by atoms with van der Waals surface area (Å²) in [5.41, 5.74) is 3.43. The van der Waals surface area contributed by atoms with Crippen LogP contribution in [0.4, 0.5) is 14.4 Å². The summed E-state index contributed by atoms with van der Waals surface area (Å²) in [7, 11) is 1.19. The van der Waals surface area contributed by atoms with E-state index in [9.17, 15) is 43.8 Å². The van der Waals surface area contributed by atoms with Crippen molar-refractivity contribution < 1.29 is 72.2 Å². The lowest BCUT2D eigenvalue weighted by atomic mass is 9.94. The zero-order valence-corrected chi connectivity index (χ0v) is 44.2. The van der Waals surface area contributed by atoms with E-state index in [1.807, 2.05) is 42.5 Å². The fourth-order valence-corrected chi connectivity index (χ4v) is 7.88. The molecule has 0 bridgehead atoms. The number of hydrogen-bond donors (Lipinski definition) is 6. The van der Waals surface area contributed by atoms with Crippen molar-refractivity contribution in [3.63, 3.8) is 0 Å². The first kappa shape index (κ1) is 59.0. The molecule has 0 unspecified atom stereocenters. The van der Waals surface area contributed by atoms with Gasteiger partial charge >= 0.3 is 36.2 Å². The van der Waals surface area contributed by atoms with Crippen molar-refractivity contribution in [2.24, 2.45) is 0 Å². The van der Waals surface area contributed by atoms with E-state index < -0.39 is 84.9 Å². The Balaban J connectivity index is 1.30. The molecule has 0 heterocycles. The number of carbonyl (C=O) groups excluding carboxylic acids is 6. The largest absolute Gasteiger partial charge is 0.489 e. The molecule has 0 aliphatic rings. The second-order valence-electron chi connectivity index (χ2n) is 19.2. The Kier molecular flexibility index (Phi) is 21.9. The topological polar surface area (TPSA) is 263 Å². The van der Waals surface area contributed by atoms with E-state index in [0.717, 1.165) is 11.1 Å². The molecule has 414 valence electrons. The molecule has 6 N–H and O–H groups in total. The number of alkyl carbamates (subject to hydrolysis) is 3. The molecule has 19 nitrogen and oxygen atoms in total. The molecule has 4 atom stereocenters. The van der Waals surface area contributed by atoms with Crippen molar-refractivity contribution in [3.8, 4) is 16.9 Å². The molecule has 0 aliphatic carbocycles. The molecule has 6 aromatic carbocycles. The van der Waals surface area contributed by atoms with Crippen LogP contribution in [0.1, 0.15) is 70.9 Å². The number of benzene rings is 6. The standard InChI is InChI=1S/C60H64N4O15/c1-60(2,3)79-59(73)63-49(33-48(65)34-61-57(71)77-37-41-21-13-7-14-22-41)53(66)62-51(56(70)76-36-40-19-11-6-12-20-40)29-43-27-45(31-47(28-43)55(69)74-4)44-25-26-52(75-35-39-17-9-5-10-18-39)46(30-44)32-50(54(67)68)64-58(72)78-38-42-23-15-8-16-24-42/h5-28,30-31,48-51,65H,29,32-38H2,1-4H3,(H,61,71)(H,62,66)(H,63,73)(H,64,72)(H,67,68)/t48-,49+,50+,51+/m1/s1. The maximum absolute atomic E-state index is 14.4. The highest BCUT2D eigenvalue weighted by atomic mass is 16.6. The van der Waals surface area contributed by atoms with E-state index in [4.69, 9.17) is 28.4 Å². The van der Waals surface area contributed by atoms with Crippen LogP contribution in [0.5, 0.6) is 5.75 Å². The van der Waals surface area contributed by atoms with Gasteiger partial charge in [0.2, 0.25) is 5.91 Å². The molecule has 4 amide bonds. The van der Waals surface area contributed by atoms with Gasteiger partial charge in [-0.2, -0.15) is 0 Å². The summed E-state index contributed by atoms with van der Waals surface area (Å²) in [6.07, 6.45) is -5.32. The van der Waals surface area contributed by atoms with E-state index in [-0.39, 0.29) is 44.8 Å². The molecule has 19 heteroatoms. The number of carbonyl (C=O) groups is 7. The first-order valence-corrected chi connectivity index (χ1v) is 25.3. The first-order valence-electron chi connectivity index (χ1n) is 25.3. The summed E-state index contributed by atoms with van der Waals surface area (Å²) in [4.78, 5) is 93.5.